The standard InChI is InChI=1S/C20H21ClN2O5S/c1-14(19(24)22-17-8-6-16(21)7-9-17)28-20(25)15-4-10-18(11-5-15)29(26,27)23-12-2-3-13-23/h4-11,14H,2-3,12-13H2,1H3,(H,22,24)/t14-/m0/s1. The third-order valence-corrected chi connectivity index (χ3v) is 6.72. The first-order valence-electron chi connectivity index (χ1n) is 9.15. The summed E-state index contributed by atoms with van der Waals surface area (Å²) in [6.45, 7) is 2.47. The summed E-state index contributed by atoms with van der Waals surface area (Å²) in [4.78, 5) is 24.6. The summed E-state index contributed by atoms with van der Waals surface area (Å²) in [7, 11) is -3.55. The SMILES string of the molecule is C[C@H](OC(=O)c1ccc(S(=O)(=O)N2CCCC2)cc1)C(=O)Nc1ccc(Cl)cc1. The second-order valence-corrected chi connectivity index (χ2v) is 9.05. The van der Waals surface area contributed by atoms with E-state index in [0.29, 0.717) is 23.8 Å². The molecule has 1 fully saturated rings. The highest BCUT2D eigenvalue weighted by Crippen LogP contribution is 2.21. The summed E-state index contributed by atoms with van der Waals surface area (Å²) < 4.78 is 31.7. The molecule has 7 nitrogen and oxygen atoms in total. The Balaban J connectivity index is 1.61. The maximum absolute atomic E-state index is 12.5. The predicted octanol–water partition coefficient (Wildman–Crippen LogP) is 3.31. The van der Waals surface area contributed by atoms with Crippen LogP contribution in [0.2, 0.25) is 5.02 Å². The van der Waals surface area contributed by atoms with Gasteiger partial charge in [-0.1, -0.05) is 11.6 Å². The Labute approximate surface area is 174 Å². The van der Waals surface area contributed by atoms with Gasteiger partial charge < -0.3 is 10.1 Å². The van der Waals surface area contributed by atoms with Crippen molar-refractivity contribution < 1.29 is 22.7 Å². The van der Waals surface area contributed by atoms with E-state index in [4.69, 9.17) is 16.3 Å². The van der Waals surface area contributed by atoms with Crippen LogP contribution in [-0.4, -0.2) is 43.8 Å². The number of amides is 1. The number of carbonyl (C=O) groups is 2. The molecule has 0 spiro atoms. The molecule has 1 N–H and O–H groups in total. The van der Waals surface area contributed by atoms with Gasteiger partial charge in [-0.05, 0) is 68.3 Å². The van der Waals surface area contributed by atoms with Crippen molar-refractivity contribution in [2.24, 2.45) is 0 Å². The van der Waals surface area contributed by atoms with Gasteiger partial charge in [0.15, 0.2) is 6.10 Å². The fourth-order valence-corrected chi connectivity index (χ4v) is 4.54. The number of carbonyl (C=O) groups excluding carboxylic acids is 2. The second kappa shape index (κ2) is 8.94. The maximum Gasteiger partial charge on any atom is 0.338 e. The fraction of sp³-hybridized carbons (Fsp3) is 0.300. The average Bonchev–Trinajstić information content (AvgIpc) is 3.25. The smallest absolute Gasteiger partial charge is 0.338 e. The van der Waals surface area contributed by atoms with Crippen molar-refractivity contribution in [3.05, 3.63) is 59.1 Å². The maximum atomic E-state index is 12.5. The Hall–Kier alpha value is -2.42. The summed E-state index contributed by atoms with van der Waals surface area (Å²) in [5.41, 5.74) is 0.690. The lowest BCUT2D eigenvalue weighted by Crippen LogP contribution is -2.30. The molecule has 1 amide bonds. The van der Waals surface area contributed by atoms with Gasteiger partial charge in [0, 0.05) is 23.8 Å². The molecule has 0 saturated carbocycles. The summed E-state index contributed by atoms with van der Waals surface area (Å²) in [5.74, 6) is -1.21. The number of anilines is 1. The molecular formula is C20H21ClN2O5S. The molecule has 9 heteroatoms. The average molecular weight is 437 g/mol. The molecule has 0 aromatic heterocycles. The van der Waals surface area contributed by atoms with Crippen LogP contribution in [0.1, 0.15) is 30.1 Å². The van der Waals surface area contributed by atoms with E-state index in [0.717, 1.165) is 12.8 Å². The van der Waals surface area contributed by atoms with Gasteiger partial charge in [-0.3, -0.25) is 4.79 Å². The third-order valence-electron chi connectivity index (χ3n) is 4.56. The number of halogens is 1. The van der Waals surface area contributed by atoms with Crippen LogP contribution in [0, 0.1) is 0 Å². The number of sulfonamides is 1. The molecule has 29 heavy (non-hydrogen) atoms. The van der Waals surface area contributed by atoms with E-state index >= 15 is 0 Å². The molecule has 1 saturated heterocycles. The summed E-state index contributed by atoms with van der Waals surface area (Å²) in [6.07, 6.45) is 0.658. The second-order valence-electron chi connectivity index (χ2n) is 6.68. The molecule has 1 heterocycles. The molecule has 1 aliphatic rings. The van der Waals surface area contributed by atoms with E-state index in [1.54, 1.807) is 24.3 Å². The first kappa shape index (κ1) is 21.3. The van der Waals surface area contributed by atoms with E-state index in [2.05, 4.69) is 5.32 Å². The largest absolute Gasteiger partial charge is 0.449 e. The molecule has 3 rings (SSSR count). The van der Waals surface area contributed by atoms with Gasteiger partial charge in [0.2, 0.25) is 10.0 Å². The van der Waals surface area contributed by atoms with Gasteiger partial charge in [0.25, 0.3) is 5.91 Å². The lowest BCUT2D eigenvalue weighted by molar-refractivity contribution is -0.123. The van der Waals surface area contributed by atoms with Crippen molar-refractivity contribution in [3.8, 4) is 0 Å². The van der Waals surface area contributed by atoms with Crippen molar-refractivity contribution in [1.82, 2.24) is 4.31 Å². The Morgan fingerprint density at radius 3 is 2.21 bits per heavy atom. The lowest BCUT2D eigenvalue weighted by Gasteiger charge is -2.16. The van der Waals surface area contributed by atoms with E-state index in [-0.39, 0.29) is 10.5 Å². The molecule has 1 atom stereocenters. The number of esters is 1. The van der Waals surface area contributed by atoms with E-state index in [1.807, 2.05) is 0 Å². The highest BCUT2D eigenvalue weighted by molar-refractivity contribution is 7.89. The van der Waals surface area contributed by atoms with Gasteiger partial charge in [-0.25, -0.2) is 13.2 Å². The number of nitrogens with one attached hydrogen (secondary N) is 1. The van der Waals surface area contributed by atoms with E-state index < -0.39 is 28.0 Å². The summed E-state index contributed by atoms with van der Waals surface area (Å²) in [5, 5.41) is 3.17. The van der Waals surface area contributed by atoms with Crippen LogP contribution in [0.25, 0.3) is 0 Å². The van der Waals surface area contributed by atoms with E-state index in [1.165, 1.54) is 35.5 Å². The van der Waals surface area contributed by atoms with Crippen molar-refractivity contribution >= 4 is 39.2 Å². The quantitative estimate of drug-likeness (QED) is 0.701. The minimum absolute atomic E-state index is 0.129. The van der Waals surface area contributed by atoms with Crippen LogP contribution >= 0.6 is 11.6 Å². The fourth-order valence-electron chi connectivity index (χ4n) is 2.90. The predicted molar refractivity (Wildman–Crippen MR) is 109 cm³/mol. The molecule has 0 radical (unpaired) electrons. The highest BCUT2D eigenvalue weighted by atomic mass is 35.5. The molecule has 2 aromatic rings. The molecular weight excluding hydrogens is 416 g/mol. The Kier molecular flexibility index (Phi) is 6.56. The van der Waals surface area contributed by atoms with Gasteiger partial charge in [0.1, 0.15) is 0 Å². The Morgan fingerprint density at radius 2 is 1.62 bits per heavy atom. The molecule has 0 bridgehead atoms. The summed E-state index contributed by atoms with van der Waals surface area (Å²) >= 11 is 5.80. The van der Waals surface area contributed by atoms with E-state index in [9.17, 15) is 18.0 Å². The molecule has 154 valence electrons. The Morgan fingerprint density at radius 1 is 1.03 bits per heavy atom. The molecule has 0 unspecified atom stereocenters. The monoisotopic (exact) mass is 436 g/mol. The van der Waals surface area contributed by atoms with Crippen molar-refractivity contribution in [2.75, 3.05) is 18.4 Å². The number of hydrogen-bond donors (Lipinski definition) is 1. The van der Waals surface area contributed by atoms with Crippen molar-refractivity contribution in [2.45, 2.75) is 30.8 Å². The number of benzene rings is 2. The van der Waals surface area contributed by atoms with Crippen LogP contribution in [0.4, 0.5) is 5.69 Å². The zero-order valence-electron chi connectivity index (χ0n) is 15.8. The molecule has 2 aromatic carbocycles. The van der Waals surface area contributed by atoms with Crippen LogP contribution in [0.15, 0.2) is 53.4 Å². The molecule has 0 aliphatic carbocycles. The lowest BCUT2D eigenvalue weighted by atomic mass is 10.2. The molecule has 1 aliphatic heterocycles. The number of rotatable bonds is 6. The highest BCUT2D eigenvalue weighted by Gasteiger charge is 2.27. The number of nitrogens with zero attached hydrogens (tertiary/aromatic N) is 1. The minimum Gasteiger partial charge on any atom is -0.449 e. The van der Waals surface area contributed by atoms with Gasteiger partial charge in [-0.15, -0.1) is 0 Å². The third kappa shape index (κ3) is 5.14. The summed E-state index contributed by atoms with van der Waals surface area (Å²) in [6, 6.07) is 12.1. The Bertz CT molecular complexity index is 985. The first-order valence-corrected chi connectivity index (χ1v) is 11.0. The number of ether oxygens (including phenoxy) is 1. The minimum atomic E-state index is -3.55. The normalized spacial score (nSPS) is 15.7. The van der Waals surface area contributed by atoms with Crippen LogP contribution in [0.3, 0.4) is 0 Å². The topological polar surface area (TPSA) is 92.8 Å². The first-order chi connectivity index (χ1) is 13.8. The van der Waals surface area contributed by atoms with Crippen LogP contribution in [-0.2, 0) is 19.6 Å². The van der Waals surface area contributed by atoms with Crippen LogP contribution < -0.4 is 5.32 Å². The van der Waals surface area contributed by atoms with Gasteiger partial charge in [-0.2, -0.15) is 4.31 Å². The van der Waals surface area contributed by atoms with Gasteiger partial charge >= 0.3 is 5.97 Å². The number of hydrogen-bond acceptors (Lipinski definition) is 5. The van der Waals surface area contributed by atoms with Crippen molar-refractivity contribution in [3.63, 3.8) is 0 Å². The van der Waals surface area contributed by atoms with Gasteiger partial charge in [0.05, 0.1) is 10.5 Å². The zero-order chi connectivity index (χ0) is 21.0. The van der Waals surface area contributed by atoms with Crippen molar-refractivity contribution in [1.29, 1.82) is 0 Å². The van der Waals surface area contributed by atoms with Crippen LogP contribution in [0.5, 0.6) is 0 Å². The zero-order valence-corrected chi connectivity index (χ0v) is 17.4.